The molecule has 0 radical (unpaired) electrons. The minimum Gasteiger partial charge on any atom is -0.489 e. The molecule has 0 atom stereocenters. The maximum atomic E-state index is 6.17. The zero-order valence-corrected chi connectivity index (χ0v) is 15.1. The number of rotatable bonds is 7. The van der Waals surface area contributed by atoms with Crippen LogP contribution in [0.1, 0.15) is 22.3 Å². The average molecular weight is 352 g/mol. The summed E-state index contributed by atoms with van der Waals surface area (Å²) in [5.74, 6) is 0.886. The van der Waals surface area contributed by atoms with Crippen molar-refractivity contribution in [3.8, 4) is 5.75 Å². The highest BCUT2D eigenvalue weighted by Gasteiger charge is 2.00. The molecule has 128 valence electrons. The Bertz CT molecular complexity index is 814. The highest BCUT2D eigenvalue weighted by Crippen LogP contribution is 2.16. The largest absolute Gasteiger partial charge is 0.489 e. The van der Waals surface area contributed by atoms with Gasteiger partial charge in [-0.15, -0.1) is 0 Å². The van der Waals surface area contributed by atoms with Crippen LogP contribution < -0.4 is 10.1 Å². The van der Waals surface area contributed by atoms with Gasteiger partial charge in [0.25, 0.3) is 0 Å². The third kappa shape index (κ3) is 5.35. The van der Waals surface area contributed by atoms with Crippen LogP contribution in [0.3, 0.4) is 0 Å². The maximum Gasteiger partial charge on any atom is 0.119 e. The van der Waals surface area contributed by atoms with E-state index in [-0.39, 0.29) is 0 Å². The summed E-state index contributed by atoms with van der Waals surface area (Å²) in [5, 5.41) is 4.22. The molecule has 3 aromatic carbocycles. The first-order valence-corrected chi connectivity index (χ1v) is 8.80. The van der Waals surface area contributed by atoms with E-state index in [1.807, 2.05) is 36.4 Å². The molecule has 0 aromatic heterocycles. The molecule has 3 aromatic rings. The van der Waals surface area contributed by atoms with Crippen LogP contribution in [0.5, 0.6) is 5.75 Å². The molecule has 0 saturated heterocycles. The van der Waals surface area contributed by atoms with E-state index in [1.165, 1.54) is 16.7 Å². The second kappa shape index (κ2) is 8.70. The predicted octanol–water partition coefficient (Wildman–Crippen LogP) is 5.52. The molecule has 0 fully saturated rings. The Hall–Kier alpha value is -2.29. The number of nitrogens with one attached hydrogen (secondary N) is 1. The molecular formula is C22H22ClNO. The first kappa shape index (κ1) is 17.5. The Balaban J connectivity index is 1.48. The maximum absolute atomic E-state index is 6.17. The van der Waals surface area contributed by atoms with Crippen LogP contribution in [0.4, 0.5) is 0 Å². The fourth-order valence-electron chi connectivity index (χ4n) is 2.66. The molecule has 1 N–H and O–H groups in total. The normalized spacial score (nSPS) is 10.6. The summed E-state index contributed by atoms with van der Waals surface area (Å²) in [4.78, 5) is 0. The first-order chi connectivity index (χ1) is 12.2. The third-order valence-corrected chi connectivity index (χ3v) is 4.38. The van der Waals surface area contributed by atoms with Gasteiger partial charge >= 0.3 is 0 Å². The number of hydrogen-bond donors (Lipinski definition) is 1. The Labute approximate surface area is 154 Å². The topological polar surface area (TPSA) is 21.3 Å². The van der Waals surface area contributed by atoms with Gasteiger partial charge in [0.2, 0.25) is 0 Å². The summed E-state index contributed by atoms with van der Waals surface area (Å²) in [6.07, 6.45) is 0. The van der Waals surface area contributed by atoms with Crippen molar-refractivity contribution in [3.05, 3.63) is 100 Å². The summed E-state index contributed by atoms with van der Waals surface area (Å²) in [6, 6.07) is 24.5. The minimum atomic E-state index is 0.589. The van der Waals surface area contributed by atoms with E-state index in [1.54, 1.807) is 0 Å². The third-order valence-electron chi connectivity index (χ3n) is 4.01. The highest BCUT2D eigenvalue weighted by atomic mass is 35.5. The standard InChI is InChI=1S/C22H22ClNO/c1-17-5-4-6-19(13-17)16-25-21-11-9-18(10-12-21)14-24-15-20-7-2-3-8-22(20)23/h2-13,24H,14-16H2,1H3. The van der Waals surface area contributed by atoms with Crippen LogP contribution in [0.25, 0.3) is 0 Å². The quantitative estimate of drug-likeness (QED) is 0.605. The van der Waals surface area contributed by atoms with Gasteiger partial charge in [-0.3, -0.25) is 0 Å². The lowest BCUT2D eigenvalue weighted by Gasteiger charge is -2.09. The lowest BCUT2D eigenvalue weighted by Crippen LogP contribution is -2.12. The van der Waals surface area contributed by atoms with Crippen molar-refractivity contribution < 1.29 is 4.74 Å². The van der Waals surface area contributed by atoms with Gasteiger partial charge in [0.05, 0.1) is 0 Å². The van der Waals surface area contributed by atoms with Gasteiger partial charge in [-0.2, -0.15) is 0 Å². The lowest BCUT2D eigenvalue weighted by atomic mass is 10.1. The van der Waals surface area contributed by atoms with Gasteiger partial charge in [0.1, 0.15) is 12.4 Å². The van der Waals surface area contributed by atoms with Crippen molar-refractivity contribution in [2.75, 3.05) is 0 Å². The molecule has 2 nitrogen and oxygen atoms in total. The number of halogens is 1. The molecule has 25 heavy (non-hydrogen) atoms. The minimum absolute atomic E-state index is 0.589. The van der Waals surface area contributed by atoms with E-state index in [0.29, 0.717) is 6.61 Å². The van der Waals surface area contributed by atoms with Gasteiger partial charge in [-0.1, -0.05) is 71.8 Å². The van der Waals surface area contributed by atoms with Gasteiger partial charge in [-0.25, -0.2) is 0 Å². The van der Waals surface area contributed by atoms with E-state index in [0.717, 1.165) is 29.4 Å². The number of benzene rings is 3. The van der Waals surface area contributed by atoms with Crippen LogP contribution in [0, 0.1) is 6.92 Å². The zero-order chi connectivity index (χ0) is 17.5. The Morgan fingerprint density at radius 1 is 0.840 bits per heavy atom. The van der Waals surface area contributed by atoms with Gasteiger partial charge in [-0.05, 0) is 41.8 Å². The second-order valence-corrected chi connectivity index (χ2v) is 6.52. The van der Waals surface area contributed by atoms with Crippen molar-refractivity contribution in [1.29, 1.82) is 0 Å². The van der Waals surface area contributed by atoms with Crippen molar-refractivity contribution in [1.82, 2.24) is 5.32 Å². The Kier molecular flexibility index (Phi) is 6.10. The molecule has 0 bridgehead atoms. The zero-order valence-electron chi connectivity index (χ0n) is 14.3. The van der Waals surface area contributed by atoms with Crippen LogP contribution in [-0.2, 0) is 19.7 Å². The van der Waals surface area contributed by atoms with Crippen LogP contribution in [0.15, 0.2) is 72.8 Å². The molecule has 0 spiro atoms. The Morgan fingerprint density at radius 2 is 1.64 bits per heavy atom. The van der Waals surface area contributed by atoms with Gasteiger partial charge < -0.3 is 10.1 Å². The van der Waals surface area contributed by atoms with E-state index in [9.17, 15) is 0 Å². The van der Waals surface area contributed by atoms with E-state index < -0.39 is 0 Å². The molecule has 0 amide bonds. The molecular weight excluding hydrogens is 330 g/mol. The first-order valence-electron chi connectivity index (χ1n) is 8.42. The SMILES string of the molecule is Cc1cccc(COc2ccc(CNCc3ccccc3Cl)cc2)c1. The van der Waals surface area contributed by atoms with Crippen molar-refractivity contribution in [2.24, 2.45) is 0 Å². The van der Waals surface area contributed by atoms with E-state index in [2.05, 4.69) is 48.6 Å². The van der Waals surface area contributed by atoms with E-state index in [4.69, 9.17) is 16.3 Å². The summed E-state index contributed by atoms with van der Waals surface area (Å²) < 4.78 is 5.85. The highest BCUT2D eigenvalue weighted by molar-refractivity contribution is 6.31. The van der Waals surface area contributed by atoms with Crippen LogP contribution >= 0.6 is 11.6 Å². The predicted molar refractivity (Wildman–Crippen MR) is 104 cm³/mol. The molecule has 0 aliphatic carbocycles. The average Bonchev–Trinajstić information content (AvgIpc) is 2.63. The van der Waals surface area contributed by atoms with E-state index >= 15 is 0 Å². The number of aryl methyl sites for hydroxylation is 1. The van der Waals surface area contributed by atoms with Gasteiger partial charge in [0.15, 0.2) is 0 Å². The molecule has 0 heterocycles. The number of ether oxygens (including phenoxy) is 1. The molecule has 0 aliphatic heterocycles. The molecule has 3 rings (SSSR count). The molecule has 0 aliphatic rings. The van der Waals surface area contributed by atoms with Crippen LogP contribution in [0.2, 0.25) is 5.02 Å². The lowest BCUT2D eigenvalue weighted by molar-refractivity contribution is 0.306. The monoisotopic (exact) mass is 351 g/mol. The number of hydrogen-bond acceptors (Lipinski definition) is 2. The van der Waals surface area contributed by atoms with Gasteiger partial charge in [0, 0.05) is 18.1 Å². The Morgan fingerprint density at radius 3 is 2.40 bits per heavy atom. The second-order valence-electron chi connectivity index (χ2n) is 6.12. The summed E-state index contributed by atoms with van der Waals surface area (Å²) in [7, 11) is 0. The van der Waals surface area contributed by atoms with Crippen molar-refractivity contribution in [3.63, 3.8) is 0 Å². The summed E-state index contributed by atoms with van der Waals surface area (Å²) in [5.41, 5.74) is 4.77. The fourth-order valence-corrected chi connectivity index (χ4v) is 2.86. The van der Waals surface area contributed by atoms with Crippen molar-refractivity contribution >= 4 is 11.6 Å². The van der Waals surface area contributed by atoms with Crippen molar-refractivity contribution in [2.45, 2.75) is 26.6 Å². The fraction of sp³-hybridized carbons (Fsp3) is 0.182. The molecule has 0 saturated carbocycles. The van der Waals surface area contributed by atoms with Crippen LogP contribution in [-0.4, -0.2) is 0 Å². The summed E-state index contributed by atoms with van der Waals surface area (Å²) in [6.45, 7) is 4.23. The molecule has 0 unspecified atom stereocenters. The summed E-state index contributed by atoms with van der Waals surface area (Å²) >= 11 is 6.17. The molecule has 3 heteroatoms. The smallest absolute Gasteiger partial charge is 0.119 e.